The van der Waals surface area contributed by atoms with Crippen molar-refractivity contribution in [2.45, 2.75) is 6.92 Å². The highest BCUT2D eigenvalue weighted by molar-refractivity contribution is 9.10. The molecule has 0 aliphatic heterocycles. The summed E-state index contributed by atoms with van der Waals surface area (Å²) in [7, 11) is 0. The Bertz CT molecular complexity index is 465. The molecule has 0 saturated heterocycles. The molecule has 2 rings (SSSR count). The monoisotopic (exact) mass is 253 g/mol. The average Bonchev–Trinajstić information content (AvgIpc) is 2.46. The molecule has 4 heteroatoms. The van der Waals surface area contributed by atoms with Gasteiger partial charge in [-0.25, -0.2) is 4.98 Å². The van der Waals surface area contributed by atoms with E-state index < -0.39 is 0 Å². The summed E-state index contributed by atoms with van der Waals surface area (Å²) in [5, 5.41) is 9.60. The maximum absolute atomic E-state index is 9.60. The van der Waals surface area contributed by atoms with Crippen molar-refractivity contribution in [3.63, 3.8) is 0 Å². The molecule has 1 heterocycles. The van der Waals surface area contributed by atoms with E-state index in [-0.39, 0.29) is 5.75 Å². The van der Waals surface area contributed by atoms with Crippen LogP contribution in [-0.4, -0.2) is 10.1 Å². The minimum Gasteiger partial charge on any atom is -0.507 e. The zero-order valence-electron chi connectivity index (χ0n) is 7.49. The molecule has 0 spiro atoms. The van der Waals surface area contributed by atoms with E-state index in [1.165, 1.54) is 0 Å². The Hall–Kier alpha value is -1.29. The van der Waals surface area contributed by atoms with Crippen LogP contribution in [0, 0.1) is 6.92 Å². The third-order valence-electron chi connectivity index (χ3n) is 1.93. The number of oxazole rings is 1. The molecule has 14 heavy (non-hydrogen) atoms. The Morgan fingerprint density at radius 1 is 1.36 bits per heavy atom. The highest BCUT2D eigenvalue weighted by Gasteiger charge is 2.12. The first kappa shape index (κ1) is 9.27. The lowest BCUT2D eigenvalue weighted by Crippen LogP contribution is -1.80. The van der Waals surface area contributed by atoms with Crippen molar-refractivity contribution in [2.75, 3.05) is 0 Å². The van der Waals surface area contributed by atoms with Gasteiger partial charge in [0.05, 0.1) is 0 Å². The predicted molar refractivity (Wildman–Crippen MR) is 56.0 cm³/mol. The average molecular weight is 254 g/mol. The molecule has 3 nitrogen and oxygen atoms in total. The number of para-hydroxylation sites is 1. The summed E-state index contributed by atoms with van der Waals surface area (Å²) in [5.74, 6) is 0.884. The van der Waals surface area contributed by atoms with Crippen molar-refractivity contribution in [1.82, 2.24) is 4.98 Å². The molecule has 1 N–H and O–H groups in total. The Kier molecular flexibility index (Phi) is 2.29. The second-order valence-electron chi connectivity index (χ2n) is 2.89. The van der Waals surface area contributed by atoms with Gasteiger partial charge in [-0.3, -0.25) is 0 Å². The van der Waals surface area contributed by atoms with Crippen molar-refractivity contribution >= 4 is 15.9 Å². The maximum atomic E-state index is 9.60. The van der Waals surface area contributed by atoms with E-state index in [2.05, 4.69) is 20.9 Å². The fourth-order valence-corrected chi connectivity index (χ4v) is 1.71. The van der Waals surface area contributed by atoms with Crippen LogP contribution >= 0.6 is 15.9 Å². The summed E-state index contributed by atoms with van der Waals surface area (Å²) in [6.07, 6.45) is 0. The molecular weight excluding hydrogens is 246 g/mol. The second kappa shape index (κ2) is 3.46. The third-order valence-corrected chi connectivity index (χ3v) is 2.27. The summed E-state index contributed by atoms with van der Waals surface area (Å²) in [4.78, 5) is 4.56. The minimum atomic E-state index is 0.205. The molecule has 0 amide bonds. The Morgan fingerprint density at radius 3 is 2.64 bits per heavy atom. The number of rotatable bonds is 1. The van der Waals surface area contributed by atoms with E-state index in [4.69, 9.17) is 4.42 Å². The van der Waals surface area contributed by atoms with Gasteiger partial charge in [0, 0.05) is 21.5 Å². The number of hydrogen-bond acceptors (Lipinski definition) is 3. The lowest BCUT2D eigenvalue weighted by Gasteiger charge is -1.99. The summed E-state index contributed by atoms with van der Waals surface area (Å²) < 4.78 is 5.22. The zero-order chi connectivity index (χ0) is 10.1. The first-order chi connectivity index (χ1) is 6.68. The zero-order valence-corrected chi connectivity index (χ0v) is 9.08. The Labute approximate surface area is 89.5 Å². The first-order valence-corrected chi connectivity index (χ1v) is 4.89. The van der Waals surface area contributed by atoms with Gasteiger partial charge in [0.25, 0.3) is 4.80 Å². The number of hydrogen-bond donors (Lipinski definition) is 1. The molecule has 72 valence electrons. The van der Waals surface area contributed by atoms with Crippen LogP contribution in [0.15, 0.2) is 33.5 Å². The number of aromatic nitrogens is 1. The highest BCUT2D eigenvalue weighted by Crippen LogP contribution is 2.31. The second-order valence-corrected chi connectivity index (χ2v) is 3.57. The van der Waals surface area contributed by atoms with Crippen LogP contribution in [0.5, 0.6) is 5.75 Å². The molecule has 1 aromatic carbocycles. The molecule has 0 fully saturated rings. The van der Waals surface area contributed by atoms with Gasteiger partial charge in [-0.2, -0.15) is 0 Å². The standard InChI is InChI=1S/C10H8BrNO2/c1-6-9(12-10(11)14-6)7-4-2-3-5-8(7)13/h2-5,13H,1H3. The smallest absolute Gasteiger partial charge is 0.264 e. The highest BCUT2D eigenvalue weighted by atomic mass is 79.9. The molecule has 1 aromatic heterocycles. The number of aromatic hydroxyl groups is 1. The minimum absolute atomic E-state index is 0.205. The third kappa shape index (κ3) is 1.53. The van der Waals surface area contributed by atoms with Gasteiger partial charge in [-0.1, -0.05) is 12.1 Å². The van der Waals surface area contributed by atoms with E-state index in [0.29, 0.717) is 21.8 Å². The van der Waals surface area contributed by atoms with Crippen LogP contribution in [0.25, 0.3) is 11.3 Å². The van der Waals surface area contributed by atoms with Crippen LogP contribution in [0.2, 0.25) is 0 Å². The maximum Gasteiger partial charge on any atom is 0.264 e. The van der Waals surface area contributed by atoms with Crippen molar-refractivity contribution < 1.29 is 9.52 Å². The topological polar surface area (TPSA) is 46.3 Å². The lowest BCUT2D eigenvalue weighted by molar-refractivity contribution is 0.476. The van der Waals surface area contributed by atoms with Crippen LogP contribution in [0.3, 0.4) is 0 Å². The Balaban J connectivity index is 2.60. The summed E-state index contributed by atoms with van der Waals surface area (Å²) in [6.45, 7) is 1.81. The van der Waals surface area contributed by atoms with E-state index in [0.717, 1.165) is 0 Å². The van der Waals surface area contributed by atoms with Gasteiger partial charge in [-0.15, -0.1) is 0 Å². The Morgan fingerprint density at radius 2 is 2.07 bits per heavy atom. The molecular formula is C10H8BrNO2. The molecule has 0 bridgehead atoms. The van der Waals surface area contributed by atoms with Gasteiger partial charge in [0.1, 0.15) is 17.2 Å². The van der Waals surface area contributed by atoms with Crippen LogP contribution in [0.1, 0.15) is 5.76 Å². The molecule has 2 aromatic rings. The summed E-state index contributed by atoms with van der Waals surface area (Å²) >= 11 is 3.15. The number of phenolic OH excluding ortho intramolecular Hbond substituents is 1. The molecule has 0 radical (unpaired) electrons. The van der Waals surface area contributed by atoms with E-state index >= 15 is 0 Å². The number of phenols is 1. The van der Waals surface area contributed by atoms with Crippen molar-refractivity contribution in [3.05, 3.63) is 34.8 Å². The van der Waals surface area contributed by atoms with Crippen molar-refractivity contribution in [2.24, 2.45) is 0 Å². The van der Waals surface area contributed by atoms with E-state index in [1.54, 1.807) is 25.1 Å². The van der Waals surface area contributed by atoms with Gasteiger partial charge < -0.3 is 9.52 Å². The van der Waals surface area contributed by atoms with Gasteiger partial charge in [0.15, 0.2) is 0 Å². The summed E-state index contributed by atoms with van der Waals surface area (Å²) in [5.41, 5.74) is 1.34. The molecule has 0 aliphatic carbocycles. The molecule has 0 aliphatic rings. The van der Waals surface area contributed by atoms with E-state index in [9.17, 15) is 5.11 Å². The van der Waals surface area contributed by atoms with Gasteiger partial charge in [0.2, 0.25) is 0 Å². The van der Waals surface area contributed by atoms with Crippen LogP contribution in [-0.2, 0) is 0 Å². The van der Waals surface area contributed by atoms with E-state index in [1.807, 2.05) is 6.07 Å². The van der Waals surface area contributed by atoms with Gasteiger partial charge >= 0.3 is 0 Å². The normalized spacial score (nSPS) is 10.4. The van der Waals surface area contributed by atoms with Crippen molar-refractivity contribution in [3.8, 4) is 17.0 Å². The summed E-state index contributed by atoms with van der Waals surface area (Å²) in [6, 6.07) is 7.03. The lowest BCUT2D eigenvalue weighted by atomic mass is 10.1. The number of nitrogens with zero attached hydrogens (tertiary/aromatic N) is 1. The number of halogens is 1. The number of aryl methyl sites for hydroxylation is 1. The molecule has 0 atom stereocenters. The largest absolute Gasteiger partial charge is 0.507 e. The SMILES string of the molecule is Cc1oc(Br)nc1-c1ccccc1O. The van der Waals surface area contributed by atoms with Crippen LogP contribution in [0.4, 0.5) is 0 Å². The predicted octanol–water partition coefficient (Wildman–Crippen LogP) is 3.12. The fourth-order valence-electron chi connectivity index (χ4n) is 1.29. The van der Waals surface area contributed by atoms with Crippen molar-refractivity contribution in [1.29, 1.82) is 0 Å². The molecule has 0 unspecified atom stereocenters. The van der Waals surface area contributed by atoms with Crippen LogP contribution < -0.4 is 0 Å². The molecule has 0 saturated carbocycles. The number of benzene rings is 1. The van der Waals surface area contributed by atoms with Gasteiger partial charge in [-0.05, 0) is 19.1 Å². The first-order valence-electron chi connectivity index (χ1n) is 4.10. The fraction of sp³-hybridized carbons (Fsp3) is 0.100. The quantitative estimate of drug-likeness (QED) is 0.850.